The van der Waals surface area contributed by atoms with E-state index in [1.165, 1.54) is 23.9 Å². The first-order chi connectivity index (χ1) is 16.7. The fraction of sp³-hybridized carbons (Fsp3) is 0.185. The molecule has 0 saturated carbocycles. The van der Waals surface area contributed by atoms with Gasteiger partial charge in [0, 0.05) is 11.2 Å². The van der Waals surface area contributed by atoms with Crippen molar-refractivity contribution in [3.05, 3.63) is 118 Å². The standard InChI is InChI=1S/C27H26ClN3O3S/c1-19-8-14-24(15-9-19)35(33,34)30-27(32)26-18-31(20(2)29-26)17-23-13-12-22(16-25(23)28)11-10-21-6-4-3-5-7-21/h3-9,12-16,18H,10-11,17H2,1-2H3,(H,30,32). The lowest BCUT2D eigenvalue weighted by Gasteiger charge is -2.09. The second kappa shape index (κ2) is 10.5. The van der Waals surface area contributed by atoms with Crippen LogP contribution >= 0.6 is 11.6 Å². The van der Waals surface area contributed by atoms with E-state index < -0.39 is 15.9 Å². The van der Waals surface area contributed by atoms with E-state index in [0.717, 1.165) is 29.5 Å². The molecule has 35 heavy (non-hydrogen) atoms. The number of benzene rings is 3. The number of aryl methyl sites for hydroxylation is 4. The summed E-state index contributed by atoms with van der Waals surface area (Å²) in [4.78, 5) is 16.9. The second-order valence-corrected chi connectivity index (χ2v) is 10.5. The van der Waals surface area contributed by atoms with Crippen LogP contribution in [0, 0.1) is 13.8 Å². The third-order valence-corrected chi connectivity index (χ3v) is 7.47. The van der Waals surface area contributed by atoms with E-state index in [4.69, 9.17) is 11.6 Å². The van der Waals surface area contributed by atoms with Crippen molar-refractivity contribution in [2.24, 2.45) is 0 Å². The Kier molecular flexibility index (Phi) is 7.38. The highest BCUT2D eigenvalue weighted by molar-refractivity contribution is 7.90. The van der Waals surface area contributed by atoms with Crippen molar-refractivity contribution in [3.8, 4) is 0 Å². The predicted octanol–water partition coefficient (Wildman–Crippen LogP) is 5.11. The maximum absolute atomic E-state index is 12.6. The molecule has 4 rings (SSSR count). The number of hydrogen-bond acceptors (Lipinski definition) is 4. The minimum Gasteiger partial charge on any atom is -0.330 e. The summed E-state index contributed by atoms with van der Waals surface area (Å²) in [5.74, 6) is -0.207. The number of nitrogens with one attached hydrogen (secondary N) is 1. The predicted molar refractivity (Wildman–Crippen MR) is 137 cm³/mol. The third kappa shape index (κ3) is 6.18. The number of amides is 1. The molecule has 0 atom stereocenters. The number of carbonyl (C=O) groups excluding carboxylic acids is 1. The van der Waals surface area contributed by atoms with Gasteiger partial charge in [0.15, 0.2) is 0 Å². The Morgan fingerprint density at radius 2 is 1.63 bits per heavy atom. The maximum Gasteiger partial charge on any atom is 0.285 e. The van der Waals surface area contributed by atoms with Crippen LogP contribution in [0.4, 0.5) is 0 Å². The highest BCUT2D eigenvalue weighted by Crippen LogP contribution is 2.21. The highest BCUT2D eigenvalue weighted by Gasteiger charge is 2.21. The zero-order chi connectivity index (χ0) is 25.0. The fourth-order valence-electron chi connectivity index (χ4n) is 3.72. The van der Waals surface area contributed by atoms with Gasteiger partial charge in [-0.3, -0.25) is 4.79 Å². The Hall–Kier alpha value is -3.42. The number of aromatic nitrogens is 2. The number of hydrogen-bond donors (Lipinski definition) is 1. The Balaban J connectivity index is 1.43. The molecule has 0 spiro atoms. The smallest absolute Gasteiger partial charge is 0.285 e. The molecule has 1 amide bonds. The molecule has 0 fully saturated rings. The number of rotatable bonds is 8. The van der Waals surface area contributed by atoms with Gasteiger partial charge in [0.2, 0.25) is 0 Å². The Morgan fingerprint density at radius 1 is 0.943 bits per heavy atom. The van der Waals surface area contributed by atoms with Crippen LogP contribution in [0.25, 0.3) is 0 Å². The molecule has 180 valence electrons. The summed E-state index contributed by atoms with van der Waals surface area (Å²) < 4.78 is 29.0. The van der Waals surface area contributed by atoms with Crippen molar-refractivity contribution in [1.29, 1.82) is 0 Å². The van der Waals surface area contributed by atoms with Crippen LogP contribution in [-0.2, 0) is 29.4 Å². The molecule has 0 aliphatic rings. The minimum absolute atomic E-state index is 0.0201. The van der Waals surface area contributed by atoms with Crippen LogP contribution in [0.2, 0.25) is 5.02 Å². The van der Waals surface area contributed by atoms with Gasteiger partial charge < -0.3 is 4.57 Å². The zero-order valence-corrected chi connectivity index (χ0v) is 21.1. The first-order valence-corrected chi connectivity index (χ1v) is 13.1. The number of halogens is 1. The second-order valence-electron chi connectivity index (χ2n) is 8.46. The van der Waals surface area contributed by atoms with Crippen molar-refractivity contribution >= 4 is 27.5 Å². The lowest BCUT2D eigenvalue weighted by Crippen LogP contribution is -2.30. The molecular weight excluding hydrogens is 482 g/mol. The van der Waals surface area contributed by atoms with Crippen LogP contribution in [-0.4, -0.2) is 23.9 Å². The van der Waals surface area contributed by atoms with E-state index in [0.29, 0.717) is 17.4 Å². The van der Waals surface area contributed by atoms with Gasteiger partial charge in [-0.2, -0.15) is 0 Å². The van der Waals surface area contributed by atoms with Crippen LogP contribution in [0.3, 0.4) is 0 Å². The summed E-state index contributed by atoms with van der Waals surface area (Å²) in [5.41, 5.74) is 4.25. The maximum atomic E-state index is 12.6. The third-order valence-electron chi connectivity index (χ3n) is 5.77. The van der Waals surface area contributed by atoms with Crippen molar-refractivity contribution in [2.45, 2.75) is 38.1 Å². The molecule has 6 nitrogen and oxygen atoms in total. The minimum atomic E-state index is -3.99. The lowest BCUT2D eigenvalue weighted by molar-refractivity contribution is 0.0977. The normalized spacial score (nSPS) is 11.4. The van der Waals surface area contributed by atoms with E-state index in [1.54, 1.807) is 23.6 Å². The number of nitrogens with zero attached hydrogens (tertiary/aromatic N) is 2. The summed E-state index contributed by atoms with van der Waals surface area (Å²) in [5, 5.41) is 0.636. The molecule has 0 radical (unpaired) electrons. The van der Waals surface area contributed by atoms with Gasteiger partial charge in [0.05, 0.1) is 11.4 Å². The van der Waals surface area contributed by atoms with Gasteiger partial charge in [0.1, 0.15) is 11.5 Å². The summed E-state index contributed by atoms with van der Waals surface area (Å²) >= 11 is 6.56. The fourth-order valence-corrected chi connectivity index (χ4v) is 4.94. The topological polar surface area (TPSA) is 81.1 Å². The molecule has 0 unspecified atom stereocenters. The SMILES string of the molecule is Cc1ccc(S(=O)(=O)NC(=O)c2cn(Cc3ccc(CCc4ccccc4)cc3Cl)c(C)n2)cc1. The van der Waals surface area contributed by atoms with Gasteiger partial charge >= 0.3 is 0 Å². The Labute approximate surface area is 210 Å². The van der Waals surface area contributed by atoms with Crippen LogP contribution in [0.1, 0.15) is 38.6 Å². The average molecular weight is 508 g/mol. The van der Waals surface area contributed by atoms with E-state index in [-0.39, 0.29) is 10.6 Å². The van der Waals surface area contributed by atoms with Gasteiger partial charge in [0.25, 0.3) is 15.9 Å². The summed E-state index contributed by atoms with van der Waals surface area (Å²) in [7, 11) is -3.99. The summed E-state index contributed by atoms with van der Waals surface area (Å²) in [6.45, 7) is 4.02. The quantitative estimate of drug-likeness (QED) is 0.359. The lowest BCUT2D eigenvalue weighted by atomic mass is 10.0. The molecule has 0 saturated heterocycles. The van der Waals surface area contributed by atoms with Crippen LogP contribution in [0.5, 0.6) is 0 Å². The van der Waals surface area contributed by atoms with Crippen LogP contribution < -0.4 is 4.72 Å². The van der Waals surface area contributed by atoms with Gasteiger partial charge in [-0.05, 0) is 61.6 Å². The van der Waals surface area contributed by atoms with E-state index >= 15 is 0 Å². The van der Waals surface area contributed by atoms with Crippen molar-refractivity contribution in [2.75, 3.05) is 0 Å². The molecule has 0 aliphatic carbocycles. The number of carbonyl (C=O) groups is 1. The van der Waals surface area contributed by atoms with E-state index in [9.17, 15) is 13.2 Å². The van der Waals surface area contributed by atoms with Crippen molar-refractivity contribution in [3.63, 3.8) is 0 Å². The molecule has 8 heteroatoms. The summed E-state index contributed by atoms with van der Waals surface area (Å²) in [6.07, 6.45) is 3.35. The van der Waals surface area contributed by atoms with Crippen molar-refractivity contribution in [1.82, 2.24) is 14.3 Å². The van der Waals surface area contributed by atoms with Crippen LogP contribution in [0.15, 0.2) is 83.9 Å². The average Bonchev–Trinajstić information content (AvgIpc) is 3.20. The zero-order valence-electron chi connectivity index (χ0n) is 19.5. The molecule has 0 aliphatic heterocycles. The van der Waals surface area contributed by atoms with Gasteiger partial charge in [-0.1, -0.05) is 71.8 Å². The first-order valence-electron chi connectivity index (χ1n) is 11.2. The number of imidazole rings is 1. The molecule has 1 heterocycles. The van der Waals surface area contributed by atoms with E-state index in [1.807, 2.05) is 37.3 Å². The monoisotopic (exact) mass is 507 g/mol. The molecule has 1 aromatic heterocycles. The summed E-state index contributed by atoms with van der Waals surface area (Å²) in [6, 6.07) is 22.6. The highest BCUT2D eigenvalue weighted by atomic mass is 35.5. The molecule has 0 bridgehead atoms. The van der Waals surface area contributed by atoms with E-state index in [2.05, 4.69) is 27.9 Å². The Morgan fingerprint density at radius 3 is 2.31 bits per heavy atom. The molecular formula is C27H26ClN3O3S. The van der Waals surface area contributed by atoms with Crippen molar-refractivity contribution < 1.29 is 13.2 Å². The molecule has 3 aromatic carbocycles. The molecule has 4 aromatic rings. The first kappa shape index (κ1) is 24.7. The van der Waals surface area contributed by atoms with Gasteiger partial charge in [-0.25, -0.2) is 18.1 Å². The molecule has 1 N–H and O–H groups in total. The van der Waals surface area contributed by atoms with Gasteiger partial charge in [-0.15, -0.1) is 0 Å². The largest absolute Gasteiger partial charge is 0.330 e. The Bertz CT molecular complexity index is 1450. The number of sulfonamides is 1.